The van der Waals surface area contributed by atoms with Crippen molar-refractivity contribution in [2.75, 3.05) is 0 Å². The lowest BCUT2D eigenvalue weighted by molar-refractivity contribution is 0.0988. The Morgan fingerprint density at radius 2 is 1.64 bits per heavy atom. The van der Waals surface area contributed by atoms with E-state index >= 15 is 0 Å². The highest BCUT2D eigenvalue weighted by Crippen LogP contribution is 2.22. The zero-order chi connectivity index (χ0) is 10.8. The van der Waals surface area contributed by atoms with Crippen molar-refractivity contribution in [2.24, 2.45) is 0 Å². The van der Waals surface area contributed by atoms with Gasteiger partial charge in [-0.1, -0.05) is 52.0 Å². The molecular formula is C13H18O. The highest BCUT2D eigenvalue weighted by Gasteiger charge is 2.13. The summed E-state index contributed by atoms with van der Waals surface area (Å²) >= 11 is 0. The van der Waals surface area contributed by atoms with Gasteiger partial charge in [0.05, 0.1) is 0 Å². The zero-order valence-electron chi connectivity index (χ0n) is 9.42. The summed E-state index contributed by atoms with van der Waals surface area (Å²) in [6.07, 6.45) is 0.578. The molecule has 1 aromatic rings. The first-order chi connectivity index (χ1) is 6.45. The summed E-state index contributed by atoms with van der Waals surface area (Å²) in [5.41, 5.74) is 2.25. The molecule has 76 valence electrons. The van der Waals surface area contributed by atoms with Gasteiger partial charge in [-0.05, 0) is 11.0 Å². The van der Waals surface area contributed by atoms with Crippen molar-refractivity contribution in [1.82, 2.24) is 0 Å². The van der Waals surface area contributed by atoms with E-state index in [1.165, 1.54) is 5.56 Å². The number of hydrogen-bond donors (Lipinski definition) is 0. The third-order valence-corrected chi connectivity index (χ3v) is 2.39. The fraction of sp³-hybridized carbons (Fsp3) is 0.462. The van der Waals surface area contributed by atoms with Crippen molar-refractivity contribution >= 4 is 5.78 Å². The second-order valence-corrected chi connectivity index (χ2v) is 4.60. The van der Waals surface area contributed by atoms with E-state index in [1.807, 2.05) is 31.2 Å². The van der Waals surface area contributed by atoms with Gasteiger partial charge < -0.3 is 0 Å². The predicted octanol–water partition coefficient (Wildman–Crippen LogP) is 3.58. The summed E-state index contributed by atoms with van der Waals surface area (Å²) in [4.78, 5) is 11.4. The van der Waals surface area contributed by atoms with Crippen LogP contribution in [0.4, 0.5) is 0 Å². The highest BCUT2D eigenvalue weighted by atomic mass is 16.1. The van der Waals surface area contributed by atoms with Gasteiger partial charge in [0, 0.05) is 12.0 Å². The maximum atomic E-state index is 11.4. The standard InChI is InChI=1S/C13H18O/c1-5-12(14)10-6-8-11(9-7-10)13(2,3)4/h6-9H,5H2,1-4H3. The first-order valence-corrected chi connectivity index (χ1v) is 5.09. The number of carbonyl (C=O) groups excluding carboxylic acids is 1. The fourth-order valence-corrected chi connectivity index (χ4v) is 1.36. The van der Waals surface area contributed by atoms with Crippen molar-refractivity contribution in [3.8, 4) is 0 Å². The Balaban J connectivity index is 2.95. The average molecular weight is 190 g/mol. The average Bonchev–Trinajstić information content (AvgIpc) is 2.15. The Morgan fingerprint density at radius 3 is 2.00 bits per heavy atom. The molecule has 0 saturated heterocycles. The van der Waals surface area contributed by atoms with Crippen LogP contribution >= 0.6 is 0 Å². The van der Waals surface area contributed by atoms with Gasteiger partial charge in [-0.3, -0.25) is 4.79 Å². The summed E-state index contributed by atoms with van der Waals surface area (Å²) in [5, 5.41) is 0. The molecule has 1 aromatic carbocycles. The third kappa shape index (κ3) is 2.44. The Hall–Kier alpha value is -1.11. The molecule has 0 saturated carbocycles. The van der Waals surface area contributed by atoms with E-state index in [4.69, 9.17) is 0 Å². The maximum absolute atomic E-state index is 11.4. The number of carbonyl (C=O) groups is 1. The van der Waals surface area contributed by atoms with Crippen LogP contribution in [-0.2, 0) is 5.41 Å². The Morgan fingerprint density at radius 1 is 1.14 bits per heavy atom. The predicted molar refractivity (Wildman–Crippen MR) is 59.8 cm³/mol. The minimum Gasteiger partial charge on any atom is -0.294 e. The molecule has 0 aliphatic heterocycles. The molecular weight excluding hydrogens is 172 g/mol. The molecule has 1 nitrogen and oxygen atoms in total. The van der Waals surface area contributed by atoms with Crippen molar-refractivity contribution in [3.63, 3.8) is 0 Å². The largest absolute Gasteiger partial charge is 0.294 e. The number of Topliss-reactive ketones (excluding diaryl/α,β-unsaturated/α-hetero) is 1. The van der Waals surface area contributed by atoms with Crippen LogP contribution in [-0.4, -0.2) is 5.78 Å². The molecule has 0 bridgehead atoms. The molecule has 0 heterocycles. The minimum atomic E-state index is 0.161. The lowest BCUT2D eigenvalue weighted by Gasteiger charge is -2.18. The van der Waals surface area contributed by atoms with Crippen molar-refractivity contribution < 1.29 is 4.79 Å². The van der Waals surface area contributed by atoms with E-state index in [9.17, 15) is 4.79 Å². The summed E-state index contributed by atoms with van der Waals surface area (Å²) < 4.78 is 0. The van der Waals surface area contributed by atoms with Crippen LogP contribution in [0.25, 0.3) is 0 Å². The second kappa shape index (κ2) is 3.95. The van der Waals surface area contributed by atoms with Gasteiger partial charge in [0.1, 0.15) is 0 Å². The first kappa shape index (κ1) is 11.0. The zero-order valence-corrected chi connectivity index (χ0v) is 9.42. The normalized spacial score (nSPS) is 11.4. The van der Waals surface area contributed by atoms with Gasteiger partial charge in [0.25, 0.3) is 0 Å². The lowest BCUT2D eigenvalue weighted by Crippen LogP contribution is -2.11. The smallest absolute Gasteiger partial charge is 0.162 e. The van der Waals surface area contributed by atoms with Crippen LogP contribution in [0.3, 0.4) is 0 Å². The maximum Gasteiger partial charge on any atom is 0.162 e. The van der Waals surface area contributed by atoms with Gasteiger partial charge in [0.15, 0.2) is 5.78 Å². The lowest BCUT2D eigenvalue weighted by atomic mass is 9.86. The summed E-state index contributed by atoms with van der Waals surface area (Å²) in [5.74, 6) is 0.213. The summed E-state index contributed by atoms with van der Waals surface area (Å²) in [6.45, 7) is 8.40. The SMILES string of the molecule is CCC(=O)c1ccc(C(C)(C)C)cc1. The Kier molecular flexibility index (Phi) is 3.10. The quantitative estimate of drug-likeness (QED) is 0.651. The molecule has 1 heteroatoms. The molecule has 0 aliphatic rings. The topological polar surface area (TPSA) is 17.1 Å². The number of hydrogen-bond acceptors (Lipinski definition) is 1. The minimum absolute atomic E-state index is 0.161. The van der Waals surface area contributed by atoms with Crippen LogP contribution in [0.15, 0.2) is 24.3 Å². The van der Waals surface area contributed by atoms with Crippen molar-refractivity contribution in [3.05, 3.63) is 35.4 Å². The van der Waals surface area contributed by atoms with Gasteiger partial charge in [-0.15, -0.1) is 0 Å². The number of rotatable bonds is 2. The molecule has 0 unspecified atom stereocenters. The van der Waals surface area contributed by atoms with Crippen LogP contribution in [0.2, 0.25) is 0 Å². The number of benzene rings is 1. The van der Waals surface area contributed by atoms with Gasteiger partial charge >= 0.3 is 0 Å². The van der Waals surface area contributed by atoms with Crippen LogP contribution in [0, 0.1) is 0 Å². The molecule has 1 rings (SSSR count). The Labute approximate surface area is 86.1 Å². The van der Waals surface area contributed by atoms with Gasteiger partial charge in [-0.25, -0.2) is 0 Å². The van der Waals surface area contributed by atoms with Gasteiger partial charge in [0.2, 0.25) is 0 Å². The Bertz CT molecular complexity index is 314. The molecule has 0 aliphatic carbocycles. The second-order valence-electron chi connectivity index (χ2n) is 4.60. The summed E-state index contributed by atoms with van der Waals surface area (Å²) in [6, 6.07) is 7.94. The summed E-state index contributed by atoms with van der Waals surface area (Å²) in [7, 11) is 0. The molecule has 0 aromatic heterocycles. The van der Waals surface area contributed by atoms with E-state index in [0.29, 0.717) is 6.42 Å². The van der Waals surface area contributed by atoms with Crippen LogP contribution in [0.5, 0.6) is 0 Å². The van der Waals surface area contributed by atoms with Crippen molar-refractivity contribution in [2.45, 2.75) is 39.5 Å². The van der Waals surface area contributed by atoms with Gasteiger partial charge in [-0.2, -0.15) is 0 Å². The van der Waals surface area contributed by atoms with E-state index in [1.54, 1.807) is 0 Å². The monoisotopic (exact) mass is 190 g/mol. The molecule has 0 atom stereocenters. The molecule has 0 amide bonds. The highest BCUT2D eigenvalue weighted by molar-refractivity contribution is 5.95. The molecule has 0 radical (unpaired) electrons. The van der Waals surface area contributed by atoms with Crippen LogP contribution < -0.4 is 0 Å². The molecule has 0 N–H and O–H groups in total. The molecule has 0 spiro atoms. The number of ketones is 1. The first-order valence-electron chi connectivity index (χ1n) is 5.09. The van der Waals surface area contributed by atoms with E-state index in [-0.39, 0.29) is 11.2 Å². The third-order valence-electron chi connectivity index (χ3n) is 2.39. The van der Waals surface area contributed by atoms with E-state index in [2.05, 4.69) is 20.8 Å². The molecule has 0 fully saturated rings. The molecule has 14 heavy (non-hydrogen) atoms. The van der Waals surface area contributed by atoms with Crippen LogP contribution in [0.1, 0.15) is 50.0 Å². The van der Waals surface area contributed by atoms with Crippen molar-refractivity contribution in [1.29, 1.82) is 0 Å². The van der Waals surface area contributed by atoms with E-state index in [0.717, 1.165) is 5.56 Å². The van der Waals surface area contributed by atoms with E-state index < -0.39 is 0 Å². The fourth-order valence-electron chi connectivity index (χ4n) is 1.36.